The van der Waals surface area contributed by atoms with Crippen LogP contribution in [0.5, 0.6) is 0 Å². The highest BCUT2D eigenvalue weighted by Gasteiger charge is 2.20. The molecule has 6 heteroatoms. The van der Waals surface area contributed by atoms with E-state index in [0.29, 0.717) is 6.42 Å². The van der Waals surface area contributed by atoms with Gasteiger partial charge in [0, 0.05) is 5.25 Å². The lowest BCUT2D eigenvalue weighted by molar-refractivity contribution is 0.0693. The highest BCUT2D eigenvalue weighted by Crippen LogP contribution is 2.20. The Morgan fingerprint density at radius 3 is 2.33 bits per heavy atom. The van der Waals surface area contributed by atoms with E-state index in [2.05, 4.69) is 0 Å². The molecule has 0 aromatic heterocycles. The molecule has 1 aromatic carbocycles. The van der Waals surface area contributed by atoms with Gasteiger partial charge in [-0.1, -0.05) is 13.8 Å². The first-order chi connectivity index (χ1) is 8.38. The molecule has 0 saturated heterocycles. The Morgan fingerprint density at radius 1 is 1.28 bits per heavy atom. The molecule has 0 bridgehead atoms. The summed E-state index contributed by atoms with van der Waals surface area (Å²) in [5.74, 6) is -2.48. The molecular formula is C12H14O5S. The molecule has 2 atom stereocenters. The largest absolute Gasteiger partial charge is 0.478 e. The van der Waals surface area contributed by atoms with E-state index in [1.54, 1.807) is 6.92 Å². The molecule has 1 aromatic rings. The molecule has 0 amide bonds. The molecule has 1 unspecified atom stereocenters. The molecular weight excluding hydrogens is 256 g/mol. The molecule has 0 radical (unpaired) electrons. The smallest absolute Gasteiger partial charge is 0.336 e. The van der Waals surface area contributed by atoms with Crippen molar-refractivity contribution >= 4 is 22.7 Å². The van der Waals surface area contributed by atoms with Gasteiger partial charge in [-0.3, -0.25) is 4.21 Å². The SMILES string of the molecule is CCC(C)[S@](=O)c1ccc(C(=O)O)cc1C(=O)O. The zero-order valence-electron chi connectivity index (χ0n) is 10.0. The van der Waals surface area contributed by atoms with Crippen LogP contribution in [0.4, 0.5) is 0 Å². The summed E-state index contributed by atoms with van der Waals surface area (Å²) in [5, 5.41) is 17.7. The van der Waals surface area contributed by atoms with Crippen LogP contribution >= 0.6 is 0 Å². The minimum atomic E-state index is -1.46. The maximum Gasteiger partial charge on any atom is 0.336 e. The predicted octanol–water partition coefficient (Wildman–Crippen LogP) is 1.99. The summed E-state index contributed by atoms with van der Waals surface area (Å²) in [6.45, 7) is 3.61. The maximum atomic E-state index is 12.1. The quantitative estimate of drug-likeness (QED) is 0.853. The molecule has 98 valence electrons. The average Bonchev–Trinajstić information content (AvgIpc) is 2.35. The van der Waals surface area contributed by atoms with Crippen LogP contribution in [0.2, 0.25) is 0 Å². The molecule has 0 spiro atoms. The molecule has 18 heavy (non-hydrogen) atoms. The Balaban J connectivity index is 3.32. The molecule has 0 aliphatic carbocycles. The van der Waals surface area contributed by atoms with Crippen LogP contribution in [0.3, 0.4) is 0 Å². The summed E-state index contributed by atoms with van der Waals surface area (Å²) < 4.78 is 12.1. The highest BCUT2D eigenvalue weighted by molar-refractivity contribution is 7.85. The maximum absolute atomic E-state index is 12.1. The van der Waals surface area contributed by atoms with E-state index in [0.717, 1.165) is 6.07 Å². The Kier molecular flexibility index (Phi) is 4.61. The fourth-order valence-electron chi connectivity index (χ4n) is 1.37. The predicted molar refractivity (Wildman–Crippen MR) is 66.5 cm³/mol. The molecule has 0 aliphatic heterocycles. The van der Waals surface area contributed by atoms with Crippen molar-refractivity contribution in [3.63, 3.8) is 0 Å². The lowest BCUT2D eigenvalue weighted by atomic mass is 10.1. The number of aromatic carboxylic acids is 2. The molecule has 5 nitrogen and oxygen atoms in total. The van der Waals surface area contributed by atoms with Crippen molar-refractivity contribution < 1.29 is 24.0 Å². The molecule has 1 rings (SSSR count). The van der Waals surface area contributed by atoms with Crippen molar-refractivity contribution in [3.05, 3.63) is 29.3 Å². The van der Waals surface area contributed by atoms with Crippen LogP contribution < -0.4 is 0 Å². The summed E-state index contributed by atoms with van der Waals surface area (Å²) in [7, 11) is -1.46. The topological polar surface area (TPSA) is 91.7 Å². The first-order valence-corrected chi connectivity index (χ1v) is 6.61. The van der Waals surface area contributed by atoms with E-state index in [4.69, 9.17) is 10.2 Å². The van der Waals surface area contributed by atoms with E-state index >= 15 is 0 Å². The first kappa shape index (κ1) is 14.4. The third kappa shape index (κ3) is 2.95. The summed E-state index contributed by atoms with van der Waals surface area (Å²) in [6.07, 6.45) is 0.645. The monoisotopic (exact) mass is 270 g/mol. The van der Waals surface area contributed by atoms with E-state index in [1.807, 2.05) is 6.92 Å². The van der Waals surface area contributed by atoms with Gasteiger partial charge in [-0.05, 0) is 24.6 Å². The number of carboxylic acid groups (broad SMARTS) is 2. The van der Waals surface area contributed by atoms with Gasteiger partial charge in [0.25, 0.3) is 0 Å². The highest BCUT2D eigenvalue weighted by atomic mass is 32.2. The van der Waals surface area contributed by atoms with Gasteiger partial charge < -0.3 is 10.2 Å². The van der Waals surface area contributed by atoms with Crippen molar-refractivity contribution in [2.75, 3.05) is 0 Å². The van der Waals surface area contributed by atoms with Gasteiger partial charge in [-0.15, -0.1) is 0 Å². The Bertz CT molecular complexity index is 509. The van der Waals surface area contributed by atoms with Gasteiger partial charge in [0.05, 0.1) is 26.8 Å². The normalized spacial score (nSPS) is 13.9. The van der Waals surface area contributed by atoms with Gasteiger partial charge in [0.15, 0.2) is 0 Å². The van der Waals surface area contributed by atoms with Gasteiger partial charge in [0.1, 0.15) is 0 Å². The van der Waals surface area contributed by atoms with E-state index in [9.17, 15) is 13.8 Å². The lowest BCUT2D eigenvalue weighted by Gasteiger charge is -2.11. The second-order valence-electron chi connectivity index (χ2n) is 3.84. The summed E-state index contributed by atoms with van der Waals surface area (Å²) in [5.41, 5.74) is -0.342. The van der Waals surface area contributed by atoms with E-state index in [1.165, 1.54) is 12.1 Å². The minimum absolute atomic E-state index is 0.127. The fraction of sp³-hybridized carbons (Fsp3) is 0.333. The average molecular weight is 270 g/mol. The number of carboxylic acids is 2. The Hall–Kier alpha value is -1.69. The number of hydrogen-bond acceptors (Lipinski definition) is 3. The Morgan fingerprint density at radius 2 is 1.89 bits per heavy atom. The number of hydrogen-bond donors (Lipinski definition) is 2. The second kappa shape index (κ2) is 5.77. The second-order valence-corrected chi connectivity index (χ2v) is 5.68. The van der Waals surface area contributed by atoms with Gasteiger partial charge in [-0.25, -0.2) is 9.59 Å². The molecule has 0 aliphatic rings. The third-order valence-corrected chi connectivity index (χ3v) is 4.47. The third-order valence-electron chi connectivity index (χ3n) is 2.61. The van der Waals surface area contributed by atoms with Gasteiger partial charge in [-0.2, -0.15) is 0 Å². The van der Waals surface area contributed by atoms with Crippen molar-refractivity contribution in [1.29, 1.82) is 0 Å². The van der Waals surface area contributed by atoms with Crippen molar-refractivity contribution in [3.8, 4) is 0 Å². The van der Waals surface area contributed by atoms with Crippen LogP contribution in [-0.2, 0) is 10.8 Å². The van der Waals surface area contributed by atoms with Crippen LogP contribution in [0.15, 0.2) is 23.1 Å². The summed E-state index contributed by atoms with van der Waals surface area (Å²) >= 11 is 0. The van der Waals surface area contributed by atoms with Crippen LogP contribution in [0.25, 0.3) is 0 Å². The first-order valence-electron chi connectivity index (χ1n) is 5.39. The standard InChI is InChI=1S/C12H14O5S/c1-3-7(2)18(17)10-5-4-8(11(13)14)6-9(10)12(15)16/h4-7H,3H2,1-2H3,(H,13,14)(H,15,16)/t7?,18-/m0/s1. The zero-order chi connectivity index (χ0) is 13.9. The number of carbonyl (C=O) groups is 2. The van der Waals surface area contributed by atoms with Crippen LogP contribution in [0.1, 0.15) is 41.0 Å². The molecule has 0 fully saturated rings. The minimum Gasteiger partial charge on any atom is -0.478 e. The fourth-order valence-corrected chi connectivity index (χ4v) is 2.68. The molecule has 2 N–H and O–H groups in total. The van der Waals surface area contributed by atoms with Crippen molar-refractivity contribution in [1.82, 2.24) is 0 Å². The summed E-state index contributed by atoms with van der Waals surface area (Å²) in [6, 6.07) is 3.62. The van der Waals surface area contributed by atoms with Crippen molar-refractivity contribution in [2.45, 2.75) is 30.4 Å². The van der Waals surface area contributed by atoms with Gasteiger partial charge >= 0.3 is 11.9 Å². The number of benzene rings is 1. The van der Waals surface area contributed by atoms with Crippen LogP contribution in [-0.4, -0.2) is 31.6 Å². The van der Waals surface area contributed by atoms with Gasteiger partial charge in [0.2, 0.25) is 0 Å². The zero-order valence-corrected chi connectivity index (χ0v) is 10.9. The van der Waals surface area contributed by atoms with Crippen molar-refractivity contribution in [2.24, 2.45) is 0 Å². The molecule has 0 heterocycles. The van der Waals surface area contributed by atoms with Crippen LogP contribution in [0, 0.1) is 0 Å². The lowest BCUT2D eigenvalue weighted by Crippen LogP contribution is -2.14. The summed E-state index contributed by atoms with van der Waals surface area (Å²) in [4.78, 5) is 22.0. The van der Waals surface area contributed by atoms with E-state index < -0.39 is 22.7 Å². The Labute approximate surface area is 107 Å². The van der Waals surface area contributed by atoms with E-state index in [-0.39, 0.29) is 21.3 Å². The molecule has 0 saturated carbocycles. The number of rotatable bonds is 5.